The monoisotopic (exact) mass is 239 g/mol. The van der Waals surface area contributed by atoms with Crippen molar-refractivity contribution in [2.45, 2.75) is 36.8 Å². The van der Waals surface area contributed by atoms with Gasteiger partial charge >= 0.3 is 0 Å². The maximum Gasteiger partial charge on any atom is 0.132 e. The average Bonchev–Trinajstić information content (AvgIpc) is 2.28. The van der Waals surface area contributed by atoms with E-state index in [1.807, 2.05) is 6.07 Å². The van der Waals surface area contributed by atoms with Crippen LogP contribution >= 0.6 is 11.8 Å². The lowest BCUT2D eigenvalue weighted by molar-refractivity contribution is 0.404. The third-order valence-electron chi connectivity index (χ3n) is 2.51. The Hall–Kier alpha value is -0.670. The van der Waals surface area contributed by atoms with Crippen molar-refractivity contribution in [3.8, 4) is 5.75 Å². The van der Waals surface area contributed by atoms with Crippen LogP contribution in [0.25, 0.3) is 0 Å². The molecule has 0 aliphatic rings. The zero-order chi connectivity index (χ0) is 12.2. The van der Waals surface area contributed by atoms with Gasteiger partial charge in [0.1, 0.15) is 5.75 Å². The summed E-state index contributed by atoms with van der Waals surface area (Å²) in [5.41, 5.74) is 7.08. The molecule has 0 fully saturated rings. The number of methoxy groups -OCH3 is 1. The Bertz CT molecular complexity index is 350. The Morgan fingerprint density at radius 3 is 2.56 bits per heavy atom. The molecule has 0 unspecified atom stereocenters. The summed E-state index contributed by atoms with van der Waals surface area (Å²) >= 11 is 1.78. The minimum absolute atomic E-state index is 0.0413. The summed E-state index contributed by atoms with van der Waals surface area (Å²) in [6.07, 6.45) is 1.04. The van der Waals surface area contributed by atoms with Gasteiger partial charge in [0.25, 0.3) is 0 Å². The van der Waals surface area contributed by atoms with E-state index in [0.717, 1.165) is 12.2 Å². The van der Waals surface area contributed by atoms with Crippen LogP contribution in [-0.2, 0) is 6.42 Å². The molecule has 1 aromatic rings. The van der Waals surface area contributed by atoms with Crippen molar-refractivity contribution in [1.82, 2.24) is 0 Å². The SMILES string of the molecule is CCc1ccc(OC)c(SC(C)(C)CN)c1. The van der Waals surface area contributed by atoms with Gasteiger partial charge in [0.05, 0.1) is 12.0 Å². The minimum Gasteiger partial charge on any atom is -0.496 e. The lowest BCUT2D eigenvalue weighted by Gasteiger charge is -2.23. The Morgan fingerprint density at radius 1 is 1.38 bits per heavy atom. The van der Waals surface area contributed by atoms with Crippen molar-refractivity contribution in [2.75, 3.05) is 13.7 Å². The summed E-state index contributed by atoms with van der Waals surface area (Å²) in [6.45, 7) is 7.10. The Labute approximate surface area is 103 Å². The number of hydrogen-bond acceptors (Lipinski definition) is 3. The maximum atomic E-state index is 5.75. The second kappa shape index (κ2) is 5.60. The Kier molecular flexibility index (Phi) is 4.69. The quantitative estimate of drug-likeness (QED) is 0.802. The molecule has 0 radical (unpaired) electrons. The number of thioether (sulfide) groups is 1. The summed E-state index contributed by atoms with van der Waals surface area (Å²) in [7, 11) is 1.71. The van der Waals surface area contributed by atoms with Crippen molar-refractivity contribution >= 4 is 11.8 Å². The number of hydrogen-bond donors (Lipinski definition) is 1. The molecule has 2 nitrogen and oxygen atoms in total. The zero-order valence-corrected chi connectivity index (χ0v) is 11.4. The first-order valence-electron chi connectivity index (χ1n) is 5.58. The van der Waals surface area contributed by atoms with Crippen molar-refractivity contribution in [1.29, 1.82) is 0 Å². The zero-order valence-electron chi connectivity index (χ0n) is 10.5. The number of aryl methyl sites for hydroxylation is 1. The first kappa shape index (κ1) is 13.4. The Morgan fingerprint density at radius 2 is 2.06 bits per heavy atom. The molecule has 0 bridgehead atoms. The lowest BCUT2D eigenvalue weighted by Crippen LogP contribution is -2.26. The fraction of sp³-hybridized carbons (Fsp3) is 0.538. The van der Waals surface area contributed by atoms with Crippen molar-refractivity contribution < 1.29 is 4.74 Å². The molecule has 1 aromatic carbocycles. The Balaban J connectivity index is 3.00. The second-order valence-corrected chi connectivity index (χ2v) is 6.15. The van der Waals surface area contributed by atoms with E-state index in [1.54, 1.807) is 18.9 Å². The lowest BCUT2D eigenvalue weighted by atomic mass is 10.2. The van der Waals surface area contributed by atoms with Gasteiger partial charge in [0, 0.05) is 11.3 Å². The average molecular weight is 239 g/mol. The van der Waals surface area contributed by atoms with Crippen LogP contribution in [-0.4, -0.2) is 18.4 Å². The van der Waals surface area contributed by atoms with E-state index in [4.69, 9.17) is 10.5 Å². The third kappa shape index (κ3) is 3.42. The van der Waals surface area contributed by atoms with Crippen LogP contribution in [0, 0.1) is 0 Å². The van der Waals surface area contributed by atoms with Crippen LogP contribution in [0.4, 0.5) is 0 Å². The van der Waals surface area contributed by atoms with Crippen LogP contribution in [0.3, 0.4) is 0 Å². The summed E-state index contributed by atoms with van der Waals surface area (Å²) in [4.78, 5) is 1.18. The molecule has 16 heavy (non-hydrogen) atoms. The summed E-state index contributed by atoms with van der Waals surface area (Å²) in [5.74, 6) is 0.934. The molecule has 0 aromatic heterocycles. The molecule has 0 saturated carbocycles. The minimum atomic E-state index is 0.0413. The normalized spacial score (nSPS) is 11.6. The van der Waals surface area contributed by atoms with Gasteiger partial charge in [-0.3, -0.25) is 0 Å². The fourth-order valence-electron chi connectivity index (χ4n) is 1.36. The number of benzene rings is 1. The van der Waals surface area contributed by atoms with E-state index in [1.165, 1.54) is 10.5 Å². The van der Waals surface area contributed by atoms with Crippen LogP contribution < -0.4 is 10.5 Å². The standard InChI is InChI=1S/C13H21NOS/c1-5-10-6-7-11(15-4)12(8-10)16-13(2,3)9-14/h6-8H,5,9,14H2,1-4H3. The first-order chi connectivity index (χ1) is 7.52. The predicted octanol–water partition coefficient (Wildman–Crippen LogP) is 3.09. The van der Waals surface area contributed by atoms with Gasteiger partial charge in [-0.1, -0.05) is 13.0 Å². The number of ether oxygens (including phenoxy) is 1. The molecule has 3 heteroatoms. The highest BCUT2D eigenvalue weighted by Gasteiger charge is 2.19. The second-order valence-electron chi connectivity index (χ2n) is 4.40. The van der Waals surface area contributed by atoms with Crippen molar-refractivity contribution in [3.63, 3.8) is 0 Å². The highest BCUT2D eigenvalue weighted by molar-refractivity contribution is 8.00. The van der Waals surface area contributed by atoms with Crippen LogP contribution in [0.15, 0.2) is 23.1 Å². The molecule has 0 spiro atoms. The largest absolute Gasteiger partial charge is 0.496 e. The molecular formula is C13H21NOS. The fourth-order valence-corrected chi connectivity index (χ4v) is 2.50. The molecule has 90 valence electrons. The number of nitrogens with two attached hydrogens (primary N) is 1. The smallest absolute Gasteiger partial charge is 0.132 e. The predicted molar refractivity (Wildman–Crippen MR) is 71.4 cm³/mol. The summed E-state index contributed by atoms with van der Waals surface area (Å²) in [6, 6.07) is 6.34. The molecule has 1 rings (SSSR count). The topological polar surface area (TPSA) is 35.2 Å². The highest BCUT2D eigenvalue weighted by Crippen LogP contribution is 2.38. The van der Waals surface area contributed by atoms with E-state index in [-0.39, 0.29) is 4.75 Å². The molecule has 0 heterocycles. The molecule has 0 atom stereocenters. The first-order valence-corrected chi connectivity index (χ1v) is 6.40. The van der Waals surface area contributed by atoms with Crippen LogP contribution in [0.2, 0.25) is 0 Å². The summed E-state index contributed by atoms with van der Waals surface area (Å²) in [5, 5.41) is 0. The van der Waals surface area contributed by atoms with Gasteiger partial charge in [0.2, 0.25) is 0 Å². The molecule has 0 amide bonds. The van der Waals surface area contributed by atoms with Gasteiger partial charge in [-0.05, 0) is 38.0 Å². The van der Waals surface area contributed by atoms with Crippen molar-refractivity contribution in [3.05, 3.63) is 23.8 Å². The summed E-state index contributed by atoms with van der Waals surface area (Å²) < 4.78 is 5.41. The molecule has 0 saturated heterocycles. The van der Waals surface area contributed by atoms with E-state index in [0.29, 0.717) is 6.54 Å². The molecule has 0 aliphatic carbocycles. The van der Waals surface area contributed by atoms with Gasteiger partial charge in [-0.2, -0.15) is 0 Å². The maximum absolute atomic E-state index is 5.75. The van der Waals surface area contributed by atoms with E-state index in [2.05, 4.69) is 32.9 Å². The van der Waals surface area contributed by atoms with Crippen LogP contribution in [0.5, 0.6) is 5.75 Å². The van der Waals surface area contributed by atoms with Gasteiger partial charge < -0.3 is 10.5 Å². The molecule has 2 N–H and O–H groups in total. The molecular weight excluding hydrogens is 218 g/mol. The molecule has 0 aliphatic heterocycles. The van der Waals surface area contributed by atoms with E-state index < -0.39 is 0 Å². The van der Waals surface area contributed by atoms with E-state index in [9.17, 15) is 0 Å². The van der Waals surface area contributed by atoms with Crippen molar-refractivity contribution in [2.24, 2.45) is 5.73 Å². The third-order valence-corrected chi connectivity index (χ3v) is 3.77. The van der Waals surface area contributed by atoms with Crippen LogP contribution in [0.1, 0.15) is 26.3 Å². The van der Waals surface area contributed by atoms with Gasteiger partial charge in [-0.25, -0.2) is 0 Å². The highest BCUT2D eigenvalue weighted by atomic mass is 32.2. The van der Waals surface area contributed by atoms with E-state index >= 15 is 0 Å². The number of rotatable bonds is 5. The van der Waals surface area contributed by atoms with Gasteiger partial charge in [0.15, 0.2) is 0 Å². The van der Waals surface area contributed by atoms with Gasteiger partial charge in [-0.15, -0.1) is 11.8 Å².